The third-order valence-corrected chi connectivity index (χ3v) is 5.21. The number of hydrogen-bond donors (Lipinski definition) is 0. The SMILES string of the molecule is C#CCSc1ncnc2sc(C)c(-c3ccc(OC)cc3)c12. The average Bonchev–Trinajstić information content (AvgIpc) is 2.89. The number of fused-ring (bicyclic) bond motifs is 1. The lowest BCUT2D eigenvalue weighted by Crippen LogP contribution is -1.88. The molecular weight excluding hydrogens is 312 g/mol. The molecule has 2 aromatic heterocycles. The zero-order chi connectivity index (χ0) is 15.5. The molecule has 110 valence electrons. The number of terminal acetylenes is 1. The molecule has 0 saturated carbocycles. The first-order chi connectivity index (χ1) is 10.7. The number of hydrogen-bond acceptors (Lipinski definition) is 5. The Morgan fingerprint density at radius 2 is 2.05 bits per heavy atom. The van der Waals surface area contributed by atoms with Crippen LogP contribution in [0.3, 0.4) is 0 Å². The number of nitrogens with zero attached hydrogens (tertiary/aromatic N) is 2. The quantitative estimate of drug-likeness (QED) is 0.404. The maximum absolute atomic E-state index is 5.38. The summed E-state index contributed by atoms with van der Waals surface area (Å²) in [6.45, 7) is 2.11. The number of rotatable bonds is 4. The lowest BCUT2D eigenvalue weighted by Gasteiger charge is -2.06. The summed E-state index contributed by atoms with van der Waals surface area (Å²) < 4.78 is 5.23. The molecule has 0 bridgehead atoms. The maximum atomic E-state index is 5.38. The van der Waals surface area contributed by atoms with E-state index in [4.69, 9.17) is 11.2 Å². The number of methoxy groups -OCH3 is 1. The molecule has 0 amide bonds. The average molecular weight is 326 g/mol. The van der Waals surface area contributed by atoms with Gasteiger partial charge in [-0.15, -0.1) is 17.8 Å². The van der Waals surface area contributed by atoms with Gasteiger partial charge in [0, 0.05) is 10.4 Å². The Kier molecular flexibility index (Phi) is 4.32. The summed E-state index contributed by atoms with van der Waals surface area (Å²) in [6, 6.07) is 8.07. The molecule has 0 aliphatic rings. The fraction of sp³-hybridized carbons (Fsp3) is 0.176. The van der Waals surface area contributed by atoms with E-state index in [-0.39, 0.29) is 0 Å². The van der Waals surface area contributed by atoms with E-state index in [1.54, 1.807) is 36.5 Å². The van der Waals surface area contributed by atoms with E-state index in [0.29, 0.717) is 5.75 Å². The summed E-state index contributed by atoms with van der Waals surface area (Å²) in [6.07, 6.45) is 6.99. The van der Waals surface area contributed by atoms with Gasteiger partial charge in [-0.25, -0.2) is 9.97 Å². The van der Waals surface area contributed by atoms with Crippen LogP contribution in [0.15, 0.2) is 35.6 Å². The van der Waals surface area contributed by atoms with E-state index >= 15 is 0 Å². The van der Waals surface area contributed by atoms with Crippen LogP contribution < -0.4 is 4.74 Å². The number of thioether (sulfide) groups is 1. The van der Waals surface area contributed by atoms with Gasteiger partial charge in [0.1, 0.15) is 21.9 Å². The summed E-state index contributed by atoms with van der Waals surface area (Å²) in [5, 5.41) is 2.04. The molecule has 0 aliphatic heterocycles. The Morgan fingerprint density at radius 1 is 1.27 bits per heavy atom. The van der Waals surface area contributed by atoms with Gasteiger partial charge < -0.3 is 4.74 Å². The Balaban J connectivity index is 2.19. The zero-order valence-corrected chi connectivity index (χ0v) is 13.9. The topological polar surface area (TPSA) is 35.0 Å². The van der Waals surface area contributed by atoms with Crippen molar-refractivity contribution in [3.8, 4) is 29.2 Å². The lowest BCUT2D eigenvalue weighted by atomic mass is 10.0. The minimum Gasteiger partial charge on any atom is -0.497 e. The minimum absolute atomic E-state index is 0.600. The zero-order valence-electron chi connectivity index (χ0n) is 12.3. The van der Waals surface area contributed by atoms with Crippen molar-refractivity contribution in [3.63, 3.8) is 0 Å². The molecule has 3 aromatic rings. The predicted molar refractivity (Wildman–Crippen MR) is 93.7 cm³/mol. The highest BCUT2D eigenvalue weighted by Crippen LogP contribution is 2.41. The highest BCUT2D eigenvalue weighted by molar-refractivity contribution is 7.99. The lowest BCUT2D eigenvalue weighted by molar-refractivity contribution is 0.415. The van der Waals surface area contributed by atoms with Gasteiger partial charge in [-0.1, -0.05) is 29.8 Å². The summed E-state index contributed by atoms with van der Waals surface area (Å²) >= 11 is 3.26. The van der Waals surface area contributed by atoms with E-state index in [1.807, 2.05) is 12.1 Å². The first-order valence-corrected chi connectivity index (χ1v) is 8.49. The molecule has 2 heterocycles. The largest absolute Gasteiger partial charge is 0.497 e. The molecule has 0 unspecified atom stereocenters. The Bertz CT molecular complexity index is 847. The molecule has 1 aromatic carbocycles. The molecule has 0 aliphatic carbocycles. The summed E-state index contributed by atoms with van der Waals surface area (Å²) in [7, 11) is 1.67. The number of thiophene rings is 1. The molecule has 0 N–H and O–H groups in total. The molecule has 22 heavy (non-hydrogen) atoms. The van der Waals surface area contributed by atoms with Gasteiger partial charge >= 0.3 is 0 Å². The third kappa shape index (κ3) is 2.68. The van der Waals surface area contributed by atoms with Crippen LogP contribution in [-0.2, 0) is 0 Å². The highest BCUT2D eigenvalue weighted by atomic mass is 32.2. The fourth-order valence-corrected chi connectivity index (χ4v) is 4.10. The van der Waals surface area contributed by atoms with Crippen molar-refractivity contribution in [2.24, 2.45) is 0 Å². The molecular formula is C17H14N2OS2. The molecule has 5 heteroatoms. The van der Waals surface area contributed by atoms with Crippen LogP contribution in [-0.4, -0.2) is 22.8 Å². The maximum Gasteiger partial charge on any atom is 0.128 e. The highest BCUT2D eigenvalue weighted by Gasteiger charge is 2.16. The standard InChI is InChI=1S/C17H14N2OS2/c1-4-9-21-16-15-14(11(2)22-17(15)19-10-18-16)12-5-7-13(20-3)8-6-12/h1,5-8,10H,9H2,2-3H3. The Labute approximate surface area is 137 Å². The second kappa shape index (κ2) is 6.39. The summed E-state index contributed by atoms with van der Waals surface area (Å²) in [5.74, 6) is 4.10. The van der Waals surface area contributed by atoms with Gasteiger partial charge in [0.15, 0.2) is 0 Å². The molecule has 0 radical (unpaired) electrons. The van der Waals surface area contributed by atoms with Crippen molar-refractivity contribution in [2.45, 2.75) is 11.9 Å². The summed E-state index contributed by atoms with van der Waals surface area (Å²) in [5.41, 5.74) is 2.32. The second-order valence-corrected chi connectivity index (χ2v) is 6.78. The first-order valence-electron chi connectivity index (χ1n) is 6.69. The number of ether oxygens (including phenoxy) is 1. The van der Waals surface area contributed by atoms with Crippen LogP contribution in [0.2, 0.25) is 0 Å². The molecule has 0 spiro atoms. The van der Waals surface area contributed by atoms with Gasteiger partial charge in [0.2, 0.25) is 0 Å². The van der Waals surface area contributed by atoms with Gasteiger partial charge in [-0.2, -0.15) is 0 Å². The van der Waals surface area contributed by atoms with Crippen LogP contribution in [0.5, 0.6) is 5.75 Å². The van der Waals surface area contributed by atoms with E-state index in [0.717, 1.165) is 26.6 Å². The van der Waals surface area contributed by atoms with E-state index in [9.17, 15) is 0 Å². The predicted octanol–water partition coefficient (Wildman–Crippen LogP) is 4.40. The Morgan fingerprint density at radius 3 is 2.73 bits per heavy atom. The van der Waals surface area contributed by atoms with Crippen molar-refractivity contribution >= 4 is 33.3 Å². The van der Waals surface area contributed by atoms with Crippen LogP contribution >= 0.6 is 23.1 Å². The van der Waals surface area contributed by atoms with Crippen molar-refractivity contribution in [2.75, 3.05) is 12.9 Å². The molecule has 0 fully saturated rings. The van der Waals surface area contributed by atoms with Crippen molar-refractivity contribution in [1.29, 1.82) is 0 Å². The van der Waals surface area contributed by atoms with Crippen LogP contribution in [0.25, 0.3) is 21.3 Å². The first kappa shape index (κ1) is 14.9. The smallest absolute Gasteiger partial charge is 0.128 e. The van der Waals surface area contributed by atoms with Gasteiger partial charge in [-0.05, 0) is 24.6 Å². The normalized spacial score (nSPS) is 10.6. The molecule has 0 atom stereocenters. The van der Waals surface area contributed by atoms with E-state index in [1.165, 1.54) is 10.4 Å². The van der Waals surface area contributed by atoms with Crippen molar-refractivity contribution in [3.05, 3.63) is 35.5 Å². The van der Waals surface area contributed by atoms with E-state index in [2.05, 4.69) is 34.9 Å². The molecule has 3 nitrogen and oxygen atoms in total. The monoisotopic (exact) mass is 326 g/mol. The number of benzene rings is 1. The molecule has 0 saturated heterocycles. The van der Waals surface area contributed by atoms with Gasteiger partial charge in [0.05, 0.1) is 18.2 Å². The van der Waals surface area contributed by atoms with Gasteiger partial charge in [-0.3, -0.25) is 0 Å². The van der Waals surface area contributed by atoms with Crippen LogP contribution in [0.4, 0.5) is 0 Å². The summed E-state index contributed by atoms with van der Waals surface area (Å²) in [4.78, 5) is 11.0. The minimum atomic E-state index is 0.600. The third-order valence-electron chi connectivity index (χ3n) is 3.30. The fourth-order valence-electron chi connectivity index (χ4n) is 2.34. The second-order valence-electron chi connectivity index (χ2n) is 4.61. The van der Waals surface area contributed by atoms with Crippen LogP contribution in [0, 0.1) is 19.3 Å². The van der Waals surface area contributed by atoms with E-state index < -0.39 is 0 Å². The van der Waals surface area contributed by atoms with Crippen molar-refractivity contribution in [1.82, 2.24) is 9.97 Å². The van der Waals surface area contributed by atoms with Crippen molar-refractivity contribution < 1.29 is 4.74 Å². The number of aromatic nitrogens is 2. The number of aryl methyl sites for hydroxylation is 1. The van der Waals surface area contributed by atoms with Crippen LogP contribution in [0.1, 0.15) is 4.88 Å². The van der Waals surface area contributed by atoms with Gasteiger partial charge in [0.25, 0.3) is 0 Å². The molecule has 3 rings (SSSR count). The Hall–Kier alpha value is -2.03.